The summed E-state index contributed by atoms with van der Waals surface area (Å²) in [5.41, 5.74) is 3.45. The number of oxazole rings is 1. The molecule has 0 bridgehead atoms. The van der Waals surface area contributed by atoms with Gasteiger partial charge in [0.2, 0.25) is 0 Å². The molecule has 4 heteroatoms. The summed E-state index contributed by atoms with van der Waals surface area (Å²) in [6, 6.07) is 13.4. The highest BCUT2D eigenvalue weighted by Gasteiger charge is 2.07. The molecule has 20 heavy (non-hydrogen) atoms. The molecule has 102 valence electrons. The Morgan fingerprint density at radius 2 is 1.85 bits per heavy atom. The predicted molar refractivity (Wildman–Crippen MR) is 75.7 cm³/mol. The number of rotatable bonds is 4. The number of benzene rings is 2. The smallest absolute Gasteiger partial charge is 0.199 e. The van der Waals surface area contributed by atoms with Gasteiger partial charge in [0, 0.05) is 6.42 Å². The standard InChI is InChI=1S/C16H15NO3/c1-19-13-5-2-11(3-6-13)9-16-17-14-7-4-12(10-18)8-15(14)20-16/h2-8,18H,9-10H2,1H3. The van der Waals surface area contributed by atoms with E-state index in [1.165, 1.54) is 0 Å². The zero-order chi connectivity index (χ0) is 13.9. The van der Waals surface area contributed by atoms with Crippen molar-refractivity contribution >= 4 is 11.1 Å². The van der Waals surface area contributed by atoms with Crippen LogP contribution < -0.4 is 4.74 Å². The largest absolute Gasteiger partial charge is 0.497 e. The van der Waals surface area contributed by atoms with Crippen molar-refractivity contribution in [2.75, 3.05) is 7.11 Å². The van der Waals surface area contributed by atoms with Crippen LogP contribution in [0.2, 0.25) is 0 Å². The molecule has 0 unspecified atom stereocenters. The summed E-state index contributed by atoms with van der Waals surface area (Å²) in [4.78, 5) is 4.45. The van der Waals surface area contributed by atoms with Crippen LogP contribution in [0, 0.1) is 0 Å². The lowest BCUT2D eigenvalue weighted by Crippen LogP contribution is -1.88. The number of hydrogen-bond donors (Lipinski definition) is 1. The first-order chi connectivity index (χ1) is 9.78. The third-order valence-corrected chi connectivity index (χ3v) is 3.19. The van der Waals surface area contributed by atoms with Crippen LogP contribution in [-0.2, 0) is 13.0 Å². The lowest BCUT2D eigenvalue weighted by atomic mass is 10.1. The summed E-state index contributed by atoms with van der Waals surface area (Å²) in [6.07, 6.45) is 0.632. The van der Waals surface area contributed by atoms with Crippen LogP contribution in [0.15, 0.2) is 46.9 Å². The van der Waals surface area contributed by atoms with Gasteiger partial charge in [-0.15, -0.1) is 0 Å². The molecule has 1 aromatic heterocycles. The van der Waals surface area contributed by atoms with Crippen LogP contribution in [-0.4, -0.2) is 17.2 Å². The van der Waals surface area contributed by atoms with Gasteiger partial charge in [0.05, 0.1) is 13.7 Å². The summed E-state index contributed by atoms with van der Waals surface area (Å²) < 4.78 is 10.8. The van der Waals surface area contributed by atoms with Crippen molar-refractivity contribution in [3.05, 3.63) is 59.5 Å². The van der Waals surface area contributed by atoms with Crippen molar-refractivity contribution in [2.24, 2.45) is 0 Å². The van der Waals surface area contributed by atoms with Gasteiger partial charge < -0.3 is 14.3 Å². The molecule has 0 spiro atoms. The molecule has 0 radical (unpaired) electrons. The summed E-state index contributed by atoms with van der Waals surface area (Å²) in [5, 5.41) is 9.11. The second kappa shape index (κ2) is 5.35. The molecule has 2 aromatic carbocycles. The van der Waals surface area contributed by atoms with Gasteiger partial charge in [-0.3, -0.25) is 0 Å². The highest BCUT2D eigenvalue weighted by atomic mass is 16.5. The number of ether oxygens (including phenoxy) is 1. The van der Waals surface area contributed by atoms with Gasteiger partial charge in [-0.2, -0.15) is 0 Å². The Morgan fingerprint density at radius 3 is 2.55 bits per heavy atom. The van der Waals surface area contributed by atoms with E-state index in [4.69, 9.17) is 14.3 Å². The third-order valence-electron chi connectivity index (χ3n) is 3.19. The van der Waals surface area contributed by atoms with Crippen LogP contribution in [0.1, 0.15) is 17.0 Å². The van der Waals surface area contributed by atoms with Gasteiger partial charge in [0.1, 0.15) is 11.3 Å². The Kier molecular flexibility index (Phi) is 3.39. The maximum absolute atomic E-state index is 9.11. The second-order valence-corrected chi connectivity index (χ2v) is 4.59. The highest BCUT2D eigenvalue weighted by Crippen LogP contribution is 2.20. The zero-order valence-corrected chi connectivity index (χ0v) is 11.2. The Labute approximate surface area is 116 Å². The molecule has 0 amide bonds. The highest BCUT2D eigenvalue weighted by molar-refractivity contribution is 5.73. The molecule has 4 nitrogen and oxygen atoms in total. The molecule has 3 aromatic rings. The minimum atomic E-state index is 0.00442. The first kappa shape index (κ1) is 12.7. The summed E-state index contributed by atoms with van der Waals surface area (Å²) in [6.45, 7) is 0.00442. The average Bonchev–Trinajstić information content (AvgIpc) is 2.89. The molecule has 0 aliphatic carbocycles. The fraction of sp³-hybridized carbons (Fsp3) is 0.188. The normalized spacial score (nSPS) is 10.9. The molecule has 0 saturated heterocycles. The maximum atomic E-state index is 9.11. The van der Waals surface area contributed by atoms with Gasteiger partial charge in [-0.1, -0.05) is 18.2 Å². The Balaban J connectivity index is 1.86. The minimum absolute atomic E-state index is 0.00442. The van der Waals surface area contributed by atoms with Gasteiger partial charge in [-0.25, -0.2) is 4.98 Å². The Hall–Kier alpha value is -2.33. The lowest BCUT2D eigenvalue weighted by molar-refractivity contribution is 0.282. The van der Waals surface area contributed by atoms with Crippen molar-refractivity contribution in [3.63, 3.8) is 0 Å². The van der Waals surface area contributed by atoms with Crippen molar-refractivity contribution < 1.29 is 14.3 Å². The zero-order valence-electron chi connectivity index (χ0n) is 11.2. The molecule has 0 saturated carbocycles. The molecule has 1 heterocycles. The molecule has 3 rings (SSSR count). The van der Waals surface area contributed by atoms with E-state index < -0.39 is 0 Å². The van der Waals surface area contributed by atoms with Gasteiger partial charge >= 0.3 is 0 Å². The third kappa shape index (κ3) is 2.51. The summed E-state index contributed by atoms with van der Waals surface area (Å²) in [5.74, 6) is 1.50. The lowest BCUT2D eigenvalue weighted by Gasteiger charge is -2.00. The topological polar surface area (TPSA) is 55.5 Å². The van der Waals surface area contributed by atoms with E-state index in [0.29, 0.717) is 17.9 Å². The van der Waals surface area contributed by atoms with Crippen LogP contribution in [0.25, 0.3) is 11.1 Å². The van der Waals surface area contributed by atoms with Crippen LogP contribution in [0.4, 0.5) is 0 Å². The second-order valence-electron chi connectivity index (χ2n) is 4.59. The molecule has 1 N–H and O–H groups in total. The number of hydrogen-bond acceptors (Lipinski definition) is 4. The number of aliphatic hydroxyl groups is 1. The predicted octanol–water partition coefficient (Wildman–Crippen LogP) is 2.92. The fourth-order valence-electron chi connectivity index (χ4n) is 2.11. The number of aromatic nitrogens is 1. The molecule has 0 fully saturated rings. The number of fused-ring (bicyclic) bond motifs is 1. The van der Waals surface area contributed by atoms with Crippen molar-refractivity contribution in [1.82, 2.24) is 4.98 Å². The minimum Gasteiger partial charge on any atom is -0.497 e. The van der Waals surface area contributed by atoms with Gasteiger partial charge in [0.25, 0.3) is 0 Å². The Morgan fingerprint density at radius 1 is 1.10 bits per heavy atom. The van der Waals surface area contributed by atoms with Crippen molar-refractivity contribution in [1.29, 1.82) is 0 Å². The number of aliphatic hydroxyl groups excluding tert-OH is 1. The average molecular weight is 269 g/mol. The van der Waals surface area contributed by atoms with E-state index in [1.807, 2.05) is 42.5 Å². The van der Waals surface area contributed by atoms with E-state index in [2.05, 4.69) is 4.98 Å². The quantitative estimate of drug-likeness (QED) is 0.791. The van der Waals surface area contributed by atoms with Crippen molar-refractivity contribution in [3.8, 4) is 5.75 Å². The first-order valence-electron chi connectivity index (χ1n) is 6.40. The van der Waals surface area contributed by atoms with Crippen LogP contribution in [0.5, 0.6) is 5.75 Å². The van der Waals surface area contributed by atoms with E-state index >= 15 is 0 Å². The number of nitrogens with zero attached hydrogens (tertiary/aromatic N) is 1. The SMILES string of the molecule is COc1ccc(Cc2nc3ccc(CO)cc3o2)cc1. The molecular formula is C16H15NO3. The molecule has 0 aliphatic heterocycles. The Bertz CT molecular complexity index is 716. The van der Waals surface area contributed by atoms with E-state index in [0.717, 1.165) is 22.4 Å². The maximum Gasteiger partial charge on any atom is 0.199 e. The van der Waals surface area contributed by atoms with E-state index in [1.54, 1.807) is 7.11 Å². The van der Waals surface area contributed by atoms with Gasteiger partial charge in [-0.05, 0) is 35.4 Å². The van der Waals surface area contributed by atoms with Crippen LogP contribution >= 0.6 is 0 Å². The summed E-state index contributed by atoms with van der Waals surface area (Å²) in [7, 11) is 1.65. The fourth-order valence-corrected chi connectivity index (χ4v) is 2.11. The van der Waals surface area contributed by atoms with E-state index in [-0.39, 0.29) is 6.61 Å². The van der Waals surface area contributed by atoms with Crippen molar-refractivity contribution in [2.45, 2.75) is 13.0 Å². The summed E-state index contributed by atoms with van der Waals surface area (Å²) >= 11 is 0. The molecular weight excluding hydrogens is 254 g/mol. The molecule has 0 aliphatic rings. The van der Waals surface area contributed by atoms with E-state index in [9.17, 15) is 0 Å². The van der Waals surface area contributed by atoms with Crippen LogP contribution in [0.3, 0.4) is 0 Å². The van der Waals surface area contributed by atoms with Gasteiger partial charge in [0.15, 0.2) is 11.5 Å². The molecule has 0 atom stereocenters. The monoisotopic (exact) mass is 269 g/mol. The number of methoxy groups -OCH3 is 1. The first-order valence-corrected chi connectivity index (χ1v) is 6.40.